The van der Waals surface area contributed by atoms with Gasteiger partial charge in [-0.1, -0.05) is 77.9 Å². The molecule has 5 aromatic carbocycles. The van der Waals surface area contributed by atoms with Gasteiger partial charge >= 0.3 is 0 Å². The van der Waals surface area contributed by atoms with Crippen LogP contribution in [0, 0.1) is 0 Å². The molecular formula is C49H48N6O. The average molecular weight is 737 g/mol. The summed E-state index contributed by atoms with van der Waals surface area (Å²) in [5, 5.41) is 2.36. The summed E-state index contributed by atoms with van der Waals surface area (Å²) in [6.07, 6.45) is 5.36. The van der Waals surface area contributed by atoms with E-state index in [0.717, 1.165) is 58.2 Å². The van der Waals surface area contributed by atoms with Crippen LogP contribution in [0.25, 0.3) is 38.7 Å². The van der Waals surface area contributed by atoms with E-state index in [2.05, 4.69) is 176 Å². The topological polar surface area (TPSA) is 51.4 Å². The summed E-state index contributed by atoms with van der Waals surface area (Å²) in [7, 11) is 0. The first-order valence-corrected chi connectivity index (χ1v) is 20.0. The number of hydrogen-bond acceptors (Lipinski definition) is 5. The van der Waals surface area contributed by atoms with Crippen molar-refractivity contribution >= 4 is 55.6 Å². The molecule has 0 atom stereocenters. The largest absolute Gasteiger partial charge is 0.457 e. The minimum atomic E-state index is -0.108. The fourth-order valence-electron chi connectivity index (χ4n) is 8.60. The Kier molecular flexibility index (Phi) is 7.83. The van der Waals surface area contributed by atoms with Crippen molar-refractivity contribution in [2.24, 2.45) is 0 Å². The molecule has 56 heavy (non-hydrogen) atoms. The van der Waals surface area contributed by atoms with E-state index in [1.165, 1.54) is 57.5 Å². The number of ether oxygens (including phenoxy) is 1. The minimum absolute atomic E-state index is 0.00142. The standard InChI is InChI=1S/C49H48N6O/c1-48(2,3)32-21-22-50-47(26-32)55-41-17-11-10-16-38(41)39-20-19-36(28-42(39)55)56-37-25-33(49(4,5)6)24-35(27-37)54-31-53(34-14-8-7-9-15-34)45-30-43-40(29-44(45)54)51-46-18-12-13-23-52(43)46/h7-11,14-17,19-22,24-30H,12-13,18,23,31H2,1-6H3. The molecule has 3 aromatic heterocycles. The monoisotopic (exact) mass is 736 g/mol. The molecule has 2 aliphatic heterocycles. The maximum atomic E-state index is 6.92. The first kappa shape index (κ1) is 34.4. The van der Waals surface area contributed by atoms with Gasteiger partial charge in [-0.05, 0) is 102 Å². The second-order valence-electron chi connectivity index (χ2n) is 17.6. The fraction of sp³-hybridized carbons (Fsp3) is 0.265. The van der Waals surface area contributed by atoms with Gasteiger partial charge in [0.1, 0.15) is 29.8 Å². The predicted molar refractivity (Wildman–Crippen MR) is 231 cm³/mol. The van der Waals surface area contributed by atoms with Gasteiger partial charge in [0.05, 0.1) is 33.4 Å². The van der Waals surface area contributed by atoms with Crippen LogP contribution in [0.3, 0.4) is 0 Å². The third-order valence-corrected chi connectivity index (χ3v) is 11.7. The number of para-hydroxylation sites is 2. The number of fused-ring (bicyclic) bond motifs is 7. The first-order chi connectivity index (χ1) is 27.0. The van der Waals surface area contributed by atoms with E-state index < -0.39 is 0 Å². The Balaban J connectivity index is 1.09. The van der Waals surface area contributed by atoms with Crippen molar-refractivity contribution in [3.63, 3.8) is 0 Å². The molecular weight excluding hydrogens is 689 g/mol. The molecule has 0 bridgehead atoms. The zero-order valence-corrected chi connectivity index (χ0v) is 33.2. The molecule has 2 aliphatic rings. The lowest BCUT2D eigenvalue weighted by atomic mass is 9.86. The van der Waals surface area contributed by atoms with Gasteiger partial charge in [-0.25, -0.2) is 9.97 Å². The lowest BCUT2D eigenvalue weighted by molar-refractivity contribution is 0.479. The van der Waals surface area contributed by atoms with Crippen molar-refractivity contribution < 1.29 is 4.74 Å². The second kappa shape index (κ2) is 12.7. The molecule has 0 spiro atoms. The van der Waals surface area contributed by atoms with Crippen molar-refractivity contribution in [1.82, 2.24) is 19.1 Å². The SMILES string of the molecule is CC(C)(C)c1cc(Oc2ccc3c4ccccc4n(-c4cc(C(C)(C)C)ccn4)c3c2)cc(N2CN(c3ccccc3)c3cc4c(cc32)nc2n4CCCC2)c1. The van der Waals surface area contributed by atoms with Gasteiger partial charge < -0.3 is 19.1 Å². The molecule has 0 radical (unpaired) electrons. The summed E-state index contributed by atoms with van der Waals surface area (Å²) in [5.41, 5.74) is 11.4. The highest BCUT2D eigenvalue weighted by Crippen LogP contribution is 2.48. The van der Waals surface area contributed by atoms with Crippen LogP contribution in [0.4, 0.5) is 22.7 Å². The van der Waals surface area contributed by atoms with Gasteiger partial charge in [0.15, 0.2) is 0 Å². The second-order valence-corrected chi connectivity index (χ2v) is 17.6. The molecule has 0 unspecified atom stereocenters. The van der Waals surface area contributed by atoms with E-state index in [1.54, 1.807) is 0 Å². The maximum Gasteiger partial charge on any atom is 0.137 e. The molecule has 7 heteroatoms. The average Bonchev–Trinajstić information content (AvgIpc) is 3.86. The summed E-state index contributed by atoms with van der Waals surface area (Å²) >= 11 is 0. The predicted octanol–water partition coefficient (Wildman–Crippen LogP) is 12.5. The smallest absolute Gasteiger partial charge is 0.137 e. The fourth-order valence-corrected chi connectivity index (χ4v) is 8.60. The van der Waals surface area contributed by atoms with Gasteiger partial charge in [-0.15, -0.1) is 0 Å². The van der Waals surface area contributed by atoms with E-state index in [9.17, 15) is 0 Å². The molecule has 0 fully saturated rings. The van der Waals surface area contributed by atoms with Crippen LogP contribution < -0.4 is 14.5 Å². The summed E-state index contributed by atoms with van der Waals surface area (Å²) < 4.78 is 11.6. The Morgan fingerprint density at radius 1 is 0.589 bits per heavy atom. The summed E-state index contributed by atoms with van der Waals surface area (Å²) in [4.78, 5) is 14.9. The van der Waals surface area contributed by atoms with E-state index >= 15 is 0 Å². The summed E-state index contributed by atoms with van der Waals surface area (Å²) in [6, 6.07) is 41.5. The van der Waals surface area contributed by atoms with Crippen LogP contribution in [0.15, 0.2) is 121 Å². The number of benzene rings is 5. The molecule has 5 heterocycles. The summed E-state index contributed by atoms with van der Waals surface area (Å²) in [5.74, 6) is 3.69. The highest BCUT2D eigenvalue weighted by molar-refractivity contribution is 6.09. The van der Waals surface area contributed by atoms with E-state index in [0.29, 0.717) is 6.67 Å². The first-order valence-electron chi connectivity index (χ1n) is 20.0. The quantitative estimate of drug-likeness (QED) is 0.176. The van der Waals surface area contributed by atoms with Crippen molar-refractivity contribution in [3.8, 4) is 17.3 Å². The highest BCUT2D eigenvalue weighted by Gasteiger charge is 2.32. The van der Waals surface area contributed by atoms with E-state index in [-0.39, 0.29) is 10.8 Å². The number of anilines is 4. The van der Waals surface area contributed by atoms with Crippen LogP contribution in [-0.2, 0) is 23.8 Å². The Morgan fingerprint density at radius 3 is 2.16 bits per heavy atom. The normalized spacial score (nSPS) is 14.5. The molecule has 0 amide bonds. The van der Waals surface area contributed by atoms with Gasteiger partial charge in [0, 0.05) is 53.4 Å². The highest BCUT2D eigenvalue weighted by atomic mass is 16.5. The van der Waals surface area contributed by atoms with Crippen molar-refractivity contribution in [2.45, 2.75) is 78.2 Å². The summed E-state index contributed by atoms with van der Waals surface area (Å²) in [6.45, 7) is 15.3. The molecule has 10 rings (SSSR count). The van der Waals surface area contributed by atoms with E-state index in [1.807, 2.05) is 6.20 Å². The molecule has 0 saturated carbocycles. The molecule has 0 saturated heterocycles. The lowest BCUT2D eigenvalue weighted by Crippen LogP contribution is -2.24. The molecule has 0 aliphatic carbocycles. The number of pyridine rings is 1. The molecule has 7 nitrogen and oxygen atoms in total. The number of aryl methyl sites for hydroxylation is 2. The molecule has 8 aromatic rings. The Hall–Kier alpha value is -6.08. The van der Waals surface area contributed by atoms with Crippen LogP contribution in [0.1, 0.15) is 71.3 Å². The zero-order chi connectivity index (χ0) is 38.3. The third-order valence-electron chi connectivity index (χ3n) is 11.7. The van der Waals surface area contributed by atoms with Gasteiger partial charge in [0.2, 0.25) is 0 Å². The Labute approximate surface area is 328 Å². The molecule has 280 valence electrons. The van der Waals surface area contributed by atoms with Crippen molar-refractivity contribution in [2.75, 3.05) is 16.5 Å². The van der Waals surface area contributed by atoms with Crippen molar-refractivity contribution in [3.05, 3.63) is 138 Å². The number of imidazole rings is 1. The van der Waals surface area contributed by atoms with Crippen molar-refractivity contribution in [1.29, 1.82) is 0 Å². The Morgan fingerprint density at radius 2 is 1.34 bits per heavy atom. The van der Waals surface area contributed by atoms with Gasteiger partial charge in [-0.2, -0.15) is 0 Å². The number of rotatable bonds is 5. The number of aromatic nitrogens is 4. The van der Waals surface area contributed by atoms with Crippen LogP contribution in [-0.4, -0.2) is 25.8 Å². The van der Waals surface area contributed by atoms with Crippen LogP contribution in [0.5, 0.6) is 11.5 Å². The third kappa shape index (κ3) is 5.80. The molecule has 0 N–H and O–H groups in total. The van der Waals surface area contributed by atoms with Crippen LogP contribution in [0.2, 0.25) is 0 Å². The van der Waals surface area contributed by atoms with Gasteiger partial charge in [-0.3, -0.25) is 4.57 Å². The van der Waals surface area contributed by atoms with Crippen LogP contribution >= 0.6 is 0 Å². The van der Waals surface area contributed by atoms with E-state index in [4.69, 9.17) is 14.7 Å². The number of nitrogens with zero attached hydrogens (tertiary/aromatic N) is 6. The maximum absolute atomic E-state index is 6.92. The number of hydrogen-bond donors (Lipinski definition) is 0. The minimum Gasteiger partial charge on any atom is -0.457 e. The Bertz CT molecular complexity index is 2800. The van der Waals surface area contributed by atoms with Gasteiger partial charge in [0.25, 0.3) is 0 Å². The lowest BCUT2D eigenvalue weighted by Gasteiger charge is -2.26. The zero-order valence-electron chi connectivity index (χ0n) is 33.2.